The number of amidine groups is 1. The van der Waals surface area contributed by atoms with Gasteiger partial charge in [-0.1, -0.05) is 6.07 Å². The van der Waals surface area contributed by atoms with Gasteiger partial charge >= 0.3 is 0 Å². The summed E-state index contributed by atoms with van der Waals surface area (Å²) in [6, 6.07) is 5.96. The first kappa shape index (κ1) is 10.7. The Hall–Kier alpha value is -1.81. The van der Waals surface area contributed by atoms with Crippen molar-refractivity contribution in [2.75, 3.05) is 6.54 Å². The first-order valence-corrected chi connectivity index (χ1v) is 5.32. The van der Waals surface area contributed by atoms with Crippen LogP contribution in [0.5, 0.6) is 0 Å². The van der Waals surface area contributed by atoms with Gasteiger partial charge in [-0.25, -0.2) is 4.99 Å². The van der Waals surface area contributed by atoms with Crippen LogP contribution in [0.4, 0.5) is 5.69 Å². The summed E-state index contributed by atoms with van der Waals surface area (Å²) in [7, 11) is 0. The topological polar surface area (TPSA) is 80.2 Å². The van der Waals surface area contributed by atoms with E-state index in [1.54, 1.807) is 6.92 Å². The fraction of sp³-hybridized carbons (Fsp3) is 0.250. The quantitative estimate of drug-likeness (QED) is 0.539. The Labute approximate surface area is 94.4 Å². The number of H-pyrrole nitrogens is 1. The van der Waals surface area contributed by atoms with Crippen LogP contribution in [-0.4, -0.2) is 17.4 Å². The summed E-state index contributed by atoms with van der Waals surface area (Å²) in [6.07, 6.45) is 2.83. The van der Waals surface area contributed by atoms with Gasteiger partial charge in [0.1, 0.15) is 0 Å². The number of nitrogens with two attached hydrogens (primary N) is 2. The third-order valence-electron chi connectivity index (χ3n) is 2.48. The van der Waals surface area contributed by atoms with Gasteiger partial charge in [0, 0.05) is 17.1 Å². The standard InChI is InChI=1S/C12H16N4/c1-8(14)16-11-4-2-3-10-12(11)9(5-6-13)7-15-10/h2-4,7,15H,5-6,13H2,1H3,(H2,14,16). The van der Waals surface area contributed by atoms with Crippen LogP contribution in [0, 0.1) is 0 Å². The lowest BCUT2D eigenvalue weighted by molar-refractivity contribution is 0.976. The molecule has 0 aliphatic carbocycles. The highest BCUT2D eigenvalue weighted by molar-refractivity contribution is 5.96. The lowest BCUT2D eigenvalue weighted by atomic mass is 10.1. The molecule has 1 aromatic carbocycles. The van der Waals surface area contributed by atoms with Crippen molar-refractivity contribution in [3.05, 3.63) is 30.0 Å². The Kier molecular flexibility index (Phi) is 2.92. The first-order chi connectivity index (χ1) is 7.72. The Bertz CT molecular complexity index is 521. The monoisotopic (exact) mass is 216 g/mol. The van der Waals surface area contributed by atoms with E-state index >= 15 is 0 Å². The van der Waals surface area contributed by atoms with E-state index in [4.69, 9.17) is 11.5 Å². The molecule has 0 spiro atoms. The molecule has 5 N–H and O–H groups in total. The molecule has 0 unspecified atom stereocenters. The van der Waals surface area contributed by atoms with Crippen molar-refractivity contribution in [1.29, 1.82) is 0 Å². The number of hydrogen-bond acceptors (Lipinski definition) is 2. The highest BCUT2D eigenvalue weighted by atomic mass is 14.9. The number of hydrogen-bond donors (Lipinski definition) is 3. The average Bonchev–Trinajstić information content (AvgIpc) is 2.62. The predicted octanol–water partition coefficient (Wildman–Crippen LogP) is 1.68. The number of fused-ring (bicyclic) bond motifs is 1. The summed E-state index contributed by atoms with van der Waals surface area (Å²) in [5.41, 5.74) is 14.4. The van der Waals surface area contributed by atoms with Crippen LogP contribution in [0.3, 0.4) is 0 Å². The molecule has 0 radical (unpaired) electrons. The molecule has 1 aromatic heterocycles. The molecule has 0 atom stereocenters. The van der Waals surface area contributed by atoms with Crippen LogP contribution >= 0.6 is 0 Å². The van der Waals surface area contributed by atoms with Gasteiger partial charge in [-0.3, -0.25) is 0 Å². The highest BCUT2D eigenvalue weighted by Crippen LogP contribution is 2.29. The number of aromatic amines is 1. The highest BCUT2D eigenvalue weighted by Gasteiger charge is 2.07. The summed E-state index contributed by atoms with van der Waals surface area (Å²) in [5, 5.41) is 1.12. The van der Waals surface area contributed by atoms with Gasteiger partial charge < -0.3 is 16.5 Å². The van der Waals surface area contributed by atoms with Gasteiger partial charge in [-0.05, 0) is 37.6 Å². The van der Waals surface area contributed by atoms with E-state index in [0.29, 0.717) is 12.4 Å². The summed E-state index contributed by atoms with van der Waals surface area (Å²) in [4.78, 5) is 7.56. The fourth-order valence-electron chi connectivity index (χ4n) is 1.87. The molecule has 0 aliphatic rings. The molecule has 4 heteroatoms. The largest absolute Gasteiger partial charge is 0.387 e. The lowest BCUT2D eigenvalue weighted by Gasteiger charge is -2.01. The van der Waals surface area contributed by atoms with E-state index in [9.17, 15) is 0 Å². The van der Waals surface area contributed by atoms with Crippen LogP contribution in [-0.2, 0) is 6.42 Å². The second-order valence-corrected chi connectivity index (χ2v) is 3.81. The molecule has 4 nitrogen and oxygen atoms in total. The maximum Gasteiger partial charge on any atom is 0.0965 e. The minimum atomic E-state index is 0.562. The zero-order valence-corrected chi connectivity index (χ0v) is 9.33. The second-order valence-electron chi connectivity index (χ2n) is 3.81. The zero-order chi connectivity index (χ0) is 11.5. The van der Waals surface area contributed by atoms with Crippen molar-refractivity contribution in [2.24, 2.45) is 16.5 Å². The van der Waals surface area contributed by atoms with Gasteiger partial charge in [-0.15, -0.1) is 0 Å². The molecule has 2 aromatic rings. The van der Waals surface area contributed by atoms with Crippen LogP contribution < -0.4 is 11.5 Å². The molecular formula is C12H16N4. The van der Waals surface area contributed by atoms with E-state index in [-0.39, 0.29) is 0 Å². The van der Waals surface area contributed by atoms with E-state index < -0.39 is 0 Å². The minimum absolute atomic E-state index is 0.562. The first-order valence-electron chi connectivity index (χ1n) is 5.32. The Morgan fingerprint density at radius 1 is 1.44 bits per heavy atom. The number of nitrogens with one attached hydrogen (secondary N) is 1. The normalized spacial score (nSPS) is 12.2. The smallest absolute Gasteiger partial charge is 0.0965 e. The lowest BCUT2D eigenvalue weighted by Crippen LogP contribution is -2.04. The Morgan fingerprint density at radius 3 is 2.94 bits per heavy atom. The van der Waals surface area contributed by atoms with Crippen molar-refractivity contribution in [3.63, 3.8) is 0 Å². The predicted molar refractivity (Wildman–Crippen MR) is 68.0 cm³/mol. The molecule has 0 fully saturated rings. The third kappa shape index (κ3) is 1.92. The van der Waals surface area contributed by atoms with Gasteiger partial charge in [0.2, 0.25) is 0 Å². The van der Waals surface area contributed by atoms with Crippen LogP contribution in [0.15, 0.2) is 29.4 Å². The molecule has 0 saturated heterocycles. The van der Waals surface area contributed by atoms with Crippen LogP contribution in [0.1, 0.15) is 12.5 Å². The van der Waals surface area contributed by atoms with Crippen molar-refractivity contribution in [1.82, 2.24) is 4.98 Å². The maximum atomic E-state index is 5.62. The number of aromatic nitrogens is 1. The molecule has 84 valence electrons. The van der Waals surface area contributed by atoms with E-state index in [2.05, 4.69) is 9.98 Å². The molecule has 0 saturated carbocycles. The Balaban J connectivity index is 2.63. The molecule has 2 rings (SSSR count). The number of benzene rings is 1. The SMILES string of the molecule is CC(N)=Nc1cccc2[nH]cc(CCN)c12. The number of aliphatic imine (C=N–C) groups is 1. The third-order valence-corrected chi connectivity index (χ3v) is 2.48. The molecule has 1 heterocycles. The molecule has 0 aliphatic heterocycles. The van der Waals surface area contributed by atoms with E-state index in [1.807, 2.05) is 24.4 Å². The van der Waals surface area contributed by atoms with Crippen molar-refractivity contribution in [3.8, 4) is 0 Å². The Morgan fingerprint density at radius 2 is 2.25 bits per heavy atom. The fourth-order valence-corrected chi connectivity index (χ4v) is 1.87. The van der Waals surface area contributed by atoms with Crippen molar-refractivity contribution in [2.45, 2.75) is 13.3 Å². The van der Waals surface area contributed by atoms with Crippen molar-refractivity contribution >= 4 is 22.4 Å². The molecular weight excluding hydrogens is 200 g/mol. The molecule has 0 amide bonds. The minimum Gasteiger partial charge on any atom is -0.387 e. The average molecular weight is 216 g/mol. The summed E-state index contributed by atoms with van der Waals surface area (Å²) < 4.78 is 0. The summed E-state index contributed by atoms with van der Waals surface area (Å²) in [6.45, 7) is 2.42. The summed E-state index contributed by atoms with van der Waals surface area (Å²) in [5.74, 6) is 0.562. The molecule has 0 bridgehead atoms. The summed E-state index contributed by atoms with van der Waals surface area (Å²) >= 11 is 0. The van der Waals surface area contributed by atoms with E-state index in [1.165, 1.54) is 5.56 Å². The maximum absolute atomic E-state index is 5.62. The van der Waals surface area contributed by atoms with Crippen LogP contribution in [0.25, 0.3) is 10.9 Å². The van der Waals surface area contributed by atoms with Crippen LogP contribution in [0.2, 0.25) is 0 Å². The molecule has 16 heavy (non-hydrogen) atoms. The zero-order valence-electron chi connectivity index (χ0n) is 9.33. The van der Waals surface area contributed by atoms with Gasteiger partial charge in [0.05, 0.1) is 11.5 Å². The van der Waals surface area contributed by atoms with Gasteiger partial charge in [-0.2, -0.15) is 0 Å². The number of rotatable bonds is 3. The number of nitrogens with zero attached hydrogens (tertiary/aromatic N) is 1. The van der Waals surface area contributed by atoms with Gasteiger partial charge in [0.25, 0.3) is 0 Å². The van der Waals surface area contributed by atoms with Crippen molar-refractivity contribution < 1.29 is 0 Å². The van der Waals surface area contributed by atoms with E-state index in [0.717, 1.165) is 23.0 Å². The second kappa shape index (κ2) is 4.37. The van der Waals surface area contributed by atoms with Gasteiger partial charge in [0.15, 0.2) is 0 Å².